The molecule has 0 heterocycles. The van der Waals surface area contributed by atoms with Crippen molar-refractivity contribution in [2.45, 2.75) is 65.2 Å². The highest BCUT2D eigenvalue weighted by molar-refractivity contribution is 5.99. The summed E-state index contributed by atoms with van der Waals surface area (Å²) in [5.74, 6) is -0.267. The highest BCUT2D eigenvalue weighted by Crippen LogP contribution is 2.06. The number of hydrogen-bond acceptors (Lipinski definition) is 4. The van der Waals surface area contributed by atoms with E-state index in [1.165, 1.54) is 51.4 Å². The van der Waals surface area contributed by atoms with Crippen LogP contribution in [0.5, 0.6) is 0 Å². The summed E-state index contributed by atoms with van der Waals surface area (Å²) in [5.41, 5.74) is 1.05. The number of likely N-dealkylation sites (N-methyl/N-ethyl adjacent to an activating group) is 2. The first-order chi connectivity index (χ1) is 15.5. The minimum Gasteiger partial charge on any atom is -0.351 e. The summed E-state index contributed by atoms with van der Waals surface area (Å²) in [6.07, 6.45) is 9.97. The van der Waals surface area contributed by atoms with Gasteiger partial charge in [-0.3, -0.25) is 9.59 Å². The number of rotatable bonds is 18. The number of amides is 2. The third-order valence-electron chi connectivity index (χ3n) is 5.73. The van der Waals surface area contributed by atoms with Crippen LogP contribution < -0.4 is 10.6 Å². The Hall–Kier alpha value is -1.92. The summed E-state index contributed by atoms with van der Waals surface area (Å²) in [5, 5.41) is 5.93. The Labute approximate surface area is 196 Å². The number of hydrogen-bond donors (Lipinski definition) is 2. The fraction of sp³-hybridized carbons (Fsp3) is 0.692. The van der Waals surface area contributed by atoms with Gasteiger partial charge in [-0.15, -0.1) is 0 Å². The molecule has 0 saturated heterocycles. The average Bonchev–Trinajstić information content (AvgIpc) is 2.79. The maximum absolute atomic E-state index is 12.5. The van der Waals surface area contributed by atoms with E-state index in [-0.39, 0.29) is 11.8 Å². The third-order valence-corrected chi connectivity index (χ3v) is 5.73. The molecule has 0 aromatic heterocycles. The first kappa shape index (κ1) is 28.1. The van der Waals surface area contributed by atoms with Crippen molar-refractivity contribution in [1.29, 1.82) is 0 Å². The van der Waals surface area contributed by atoms with Crippen molar-refractivity contribution < 1.29 is 9.59 Å². The van der Waals surface area contributed by atoms with E-state index in [2.05, 4.69) is 48.4 Å². The van der Waals surface area contributed by atoms with Crippen molar-refractivity contribution in [2.24, 2.45) is 0 Å². The van der Waals surface area contributed by atoms with Crippen LogP contribution in [0.3, 0.4) is 0 Å². The summed E-state index contributed by atoms with van der Waals surface area (Å²) in [7, 11) is 4.18. The summed E-state index contributed by atoms with van der Waals surface area (Å²) in [6.45, 7) is 9.39. The van der Waals surface area contributed by atoms with Crippen molar-refractivity contribution in [3.63, 3.8) is 0 Å². The van der Waals surface area contributed by atoms with Crippen molar-refractivity contribution >= 4 is 11.8 Å². The van der Waals surface area contributed by atoms with Gasteiger partial charge in [0.05, 0.1) is 0 Å². The molecule has 1 aromatic carbocycles. The molecule has 0 aliphatic rings. The maximum Gasteiger partial charge on any atom is 0.251 e. The maximum atomic E-state index is 12.5. The number of nitrogens with zero attached hydrogens (tertiary/aromatic N) is 2. The van der Waals surface area contributed by atoms with Crippen molar-refractivity contribution in [3.05, 3.63) is 35.4 Å². The SMILES string of the molecule is CCCCCCN(C)CCNC(=O)c1cccc(C(=O)NCCN(C)CCCCCC)c1. The predicted octanol–water partition coefficient (Wildman–Crippen LogP) is 4.17. The fourth-order valence-electron chi connectivity index (χ4n) is 3.57. The Morgan fingerprint density at radius 2 is 1.12 bits per heavy atom. The molecule has 0 bridgehead atoms. The van der Waals surface area contributed by atoms with E-state index in [4.69, 9.17) is 0 Å². The number of carbonyl (C=O) groups excluding carboxylic acids is 2. The number of benzene rings is 1. The van der Waals surface area contributed by atoms with Gasteiger partial charge in [-0.1, -0.05) is 58.4 Å². The molecule has 2 N–H and O–H groups in total. The second-order valence-corrected chi connectivity index (χ2v) is 8.82. The van der Waals surface area contributed by atoms with Gasteiger partial charge in [0.15, 0.2) is 0 Å². The van der Waals surface area contributed by atoms with Crippen LogP contribution in [0.4, 0.5) is 0 Å². The molecule has 182 valence electrons. The number of unbranched alkanes of at least 4 members (excludes halogenated alkanes) is 6. The Morgan fingerprint density at radius 1 is 0.688 bits per heavy atom. The summed E-state index contributed by atoms with van der Waals surface area (Å²) in [4.78, 5) is 29.5. The molecular weight excluding hydrogens is 400 g/mol. The molecule has 1 rings (SSSR count). The van der Waals surface area contributed by atoms with Gasteiger partial charge in [-0.05, 0) is 58.2 Å². The molecule has 0 aliphatic heterocycles. The lowest BCUT2D eigenvalue weighted by atomic mass is 10.1. The van der Waals surface area contributed by atoms with Crippen molar-refractivity contribution in [3.8, 4) is 0 Å². The van der Waals surface area contributed by atoms with E-state index in [1.807, 2.05) is 0 Å². The van der Waals surface area contributed by atoms with Crippen LogP contribution in [0.25, 0.3) is 0 Å². The van der Waals surface area contributed by atoms with Crippen LogP contribution in [0.1, 0.15) is 85.9 Å². The van der Waals surface area contributed by atoms with Crippen LogP contribution in [0, 0.1) is 0 Å². The normalized spacial score (nSPS) is 11.2. The molecule has 0 radical (unpaired) electrons. The van der Waals surface area contributed by atoms with Gasteiger partial charge in [0.2, 0.25) is 0 Å². The minimum absolute atomic E-state index is 0.133. The van der Waals surface area contributed by atoms with Gasteiger partial charge < -0.3 is 20.4 Å². The van der Waals surface area contributed by atoms with E-state index in [9.17, 15) is 9.59 Å². The summed E-state index contributed by atoms with van der Waals surface area (Å²) >= 11 is 0. The molecule has 0 unspecified atom stereocenters. The van der Waals surface area contributed by atoms with Gasteiger partial charge in [-0.25, -0.2) is 0 Å². The molecule has 0 atom stereocenters. The average molecular weight is 447 g/mol. The first-order valence-electron chi connectivity index (χ1n) is 12.5. The molecule has 0 saturated carbocycles. The number of nitrogens with one attached hydrogen (secondary N) is 2. The quantitative estimate of drug-likeness (QED) is 0.332. The van der Waals surface area contributed by atoms with Gasteiger partial charge in [0.1, 0.15) is 0 Å². The zero-order valence-electron chi connectivity index (χ0n) is 20.9. The highest BCUT2D eigenvalue weighted by atomic mass is 16.2. The van der Waals surface area contributed by atoms with Gasteiger partial charge in [0, 0.05) is 37.3 Å². The Bertz CT molecular complexity index is 599. The second-order valence-electron chi connectivity index (χ2n) is 8.82. The van der Waals surface area contributed by atoms with Crippen molar-refractivity contribution in [1.82, 2.24) is 20.4 Å². The predicted molar refractivity (Wildman–Crippen MR) is 134 cm³/mol. The Kier molecular flexibility index (Phi) is 15.5. The van der Waals surface area contributed by atoms with Crippen LogP contribution in [-0.4, -0.2) is 75.0 Å². The molecule has 6 heteroatoms. The topological polar surface area (TPSA) is 64.7 Å². The Balaban J connectivity index is 2.33. The van der Waals surface area contributed by atoms with Gasteiger partial charge in [0.25, 0.3) is 11.8 Å². The van der Waals surface area contributed by atoms with E-state index < -0.39 is 0 Å². The van der Waals surface area contributed by atoms with Crippen LogP contribution >= 0.6 is 0 Å². The van der Waals surface area contributed by atoms with E-state index in [0.717, 1.165) is 26.2 Å². The molecule has 1 aromatic rings. The highest BCUT2D eigenvalue weighted by Gasteiger charge is 2.11. The lowest BCUT2D eigenvalue weighted by Gasteiger charge is -2.17. The largest absolute Gasteiger partial charge is 0.351 e. The molecule has 0 aliphatic carbocycles. The third kappa shape index (κ3) is 12.8. The molecule has 6 nitrogen and oxygen atoms in total. The van der Waals surface area contributed by atoms with E-state index in [1.54, 1.807) is 24.3 Å². The van der Waals surface area contributed by atoms with Gasteiger partial charge in [-0.2, -0.15) is 0 Å². The van der Waals surface area contributed by atoms with Gasteiger partial charge >= 0.3 is 0 Å². The minimum atomic E-state index is -0.133. The summed E-state index contributed by atoms with van der Waals surface area (Å²) in [6, 6.07) is 6.95. The fourth-order valence-corrected chi connectivity index (χ4v) is 3.57. The summed E-state index contributed by atoms with van der Waals surface area (Å²) < 4.78 is 0. The standard InChI is InChI=1S/C26H46N4O2/c1-5-7-9-11-18-29(3)20-16-27-25(31)23-14-13-15-24(22-23)26(32)28-17-21-30(4)19-12-10-8-6-2/h13-15,22H,5-12,16-21H2,1-4H3,(H,27,31)(H,28,32). The lowest BCUT2D eigenvalue weighted by molar-refractivity contribution is 0.0949. The van der Waals surface area contributed by atoms with Crippen molar-refractivity contribution in [2.75, 3.05) is 53.4 Å². The van der Waals surface area contributed by atoms with Crippen LogP contribution in [0.15, 0.2) is 24.3 Å². The zero-order chi connectivity index (χ0) is 23.6. The second kappa shape index (κ2) is 17.6. The first-order valence-corrected chi connectivity index (χ1v) is 12.5. The molecule has 32 heavy (non-hydrogen) atoms. The molecular formula is C26H46N4O2. The molecule has 0 fully saturated rings. The van der Waals surface area contributed by atoms with E-state index >= 15 is 0 Å². The Morgan fingerprint density at radius 3 is 1.53 bits per heavy atom. The van der Waals surface area contributed by atoms with Crippen LogP contribution in [0.2, 0.25) is 0 Å². The lowest BCUT2D eigenvalue weighted by Crippen LogP contribution is -2.34. The van der Waals surface area contributed by atoms with E-state index in [0.29, 0.717) is 24.2 Å². The number of carbonyl (C=O) groups is 2. The molecule has 0 spiro atoms. The monoisotopic (exact) mass is 446 g/mol. The zero-order valence-corrected chi connectivity index (χ0v) is 20.9. The van der Waals surface area contributed by atoms with Crippen LogP contribution in [-0.2, 0) is 0 Å². The molecule has 2 amide bonds. The smallest absolute Gasteiger partial charge is 0.251 e.